The Hall–Kier alpha value is -3.98. The lowest BCUT2D eigenvalue weighted by Crippen LogP contribution is -2.09. The number of rotatable bonds is 7. The second-order valence-electron chi connectivity index (χ2n) is 6.91. The number of carbonyl (C=O) groups excluding carboxylic acids is 1. The van der Waals surface area contributed by atoms with Gasteiger partial charge in [0.15, 0.2) is 17.3 Å². The number of carbonyl (C=O) groups is 1. The Balaban J connectivity index is 1.63. The van der Waals surface area contributed by atoms with Crippen molar-refractivity contribution in [3.8, 4) is 28.7 Å². The van der Waals surface area contributed by atoms with E-state index >= 15 is 0 Å². The molecule has 0 amide bonds. The third kappa shape index (κ3) is 4.35. The van der Waals surface area contributed by atoms with Gasteiger partial charge in [-0.2, -0.15) is 8.42 Å². The van der Waals surface area contributed by atoms with Crippen LogP contribution in [0.4, 0.5) is 0 Å². The molecule has 0 spiro atoms. The minimum absolute atomic E-state index is 0.0190. The van der Waals surface area contributed by atoms with Crippen molar-refractivity contribution in [3.05, 3.63) is 77.5 Å². The van der Waals surface area contributed by atoms with E-state index in [9.17, 15) is 13.2 Å². The molecule has 0 N–H and O–H groups in total. The molecule has 0 bridgehead atoms. The van der Waals surface area contributed by atoms with Crippen LogP contribution in [0.25, 0.3) is 6.08 Å². The zero-order chi connectivity index (χ0) is 23.6. The molecule has 0 aliphatic carbocycles. The molecule has 0 saturated heterocycles. The Kier molecular flexibility index (Phi) is 5.97. The first-order valence-corrected chi connectivity index (χ1v) is 11.1. The number of ether oxygens (including phenoxy) is 4. The fourth-order valence-corrected chi connectivity index (χ4v) is 4.26. The van der Waals surface area contributed by atoms with E-state index in [-0.39, 0.29) is 33.5 Å². The Morgan fingerprint density at radius 3 is 2.12 bits per heavy atom. The van der Waals surface area contributed by atoms with Crippen LogP contribution in [0.15, 0.2) is 71.3 Å². The highest BCUT2D eigenvalue weighted by molar-refractivity contribution is 7.87. The minimum atomic E-state index is -4.02. The highest BCUT2D eigenvalue weighted by Gasteiger charge is 2.29. The fourth-order valence-electron chi connectivity index (χ4n) is 3.32. The lowest BCUT2D eigenvalue weighted by molar-refractivity contribution is 0.101. The van der Waals surface area contributed by atoms with Crippen molar-refractivity contribution < 1.29 is 36.3 Å². The van der Waals surface area contributed by atoms with E-state index in [0.717, 1.165) is 0 Å². The van der Waals surface area contributed by atoms with Crippen LogP contribution < -0.4 is 23.1 Å². The normalized spacial score (nSPS) is 13.9. The average Bonchev–Trinajstić information content (AvgIpc) is 3.12. The standard InChI is InChI=1S/C24H20O8S/c1-28-21-12-15(13-22(29-2)24(21)30-3)11-20-23(25)18-10-9-16(14-19(18)31-20)32-33(26,27)17-7-5-4-6-8-17/h4-14H,1-3H3/b20-11-. The molecule has 0 aromatic heterocycles. The van der Waals surface area contributed by atoms with E-state index in [0.29, 0.717) is 22.8 Å². The predicted molar refractivity (Wildman–Crippen MR) is 120 cm³/mol. The SMILES string of the molecule is COc1cc(/C=C2\Oc3cc(OS(=O)(=O)c4ccccc4)ccc3C2=O)cc(OC)c1OC. The maximum atomic E-state index is 12.8. The molecular weight excluding hydrogens is 448 g/mol. The number of methoxy groups -OCH3 is 3. The molecule has 0 radical (unpaired) electrons. The van der Waals surface area contributed by atoms with E-state index in [1.165, 1.54) is 57.7 Å². The van der Waals surface area contributed by atoms with Crippen LogP contribution in [0.1, 0.15) is 15.9 Å². The van der Waals surface area contributed by atoms with Gasteiger partial charge >= 0.3 is 10.1 Å². The monoisotopic (exact) mass is 468 g/mol. The smallest absolute Gasteiger partial charge is 0.339 e. The van der Waals surface area contributed by atoms with Crippen LogP contribution >= 0.6 is 0 Å². The average molecular weight is 468 g/mol. The molecule has 8 nitrogen and oxygen atoms in total. The van der Waals surface area contributed by atoms with Gasteiger partial charge < -0.3 is 23.1 Å². The Labute approximate surface area is 191 Å². The molecule has 0 unspecified atom stereocenters. The van der Waals surface area contributed by atoms with Crippen LogP contribution in [0, 0.1) is 0 Å². The second-order valence-corrected chi connectivity index (χ2v) is 8.45. The van der Waals surface area contributed by atoms with Gasteiger partial charge in [-0.25, -0.2) is 0 Å². The van der Waals surface area contributed by atoms with Crippen molar-refractivity contribution in [3.63, 3.8) is 0 Å². The maximum absolute atomic E-state index is 12.8. The zero-order valence-corrected chi connectivity index (χ0v) is 18.8. The molecule has 0 atom stereocenters. The molecule has 0 fully saturated rings. The number of benzene rings is 3. The molecule has 3 aromatic carbocycles. The van der Waals surface area contributed by atoms with Crippen LogP contribution in [0.5, 0.6) is 28.7 Å². The first kappa shape index (κ1) is 22.2. The van der Waals surface area contributed by atoms with E-state index < -0.39 is 10.1 Å². The molecule has 3 aromatic rings. The summed E-state index contributed by atoms with van der Waals surface area (Å²) in [5.74, 6) is 1.20. The quantitative estimate of drug-likeness (QED) is 0.378. The van der Waals surface area contributed by atoms with E-state index in [2.05, 4.69) is 0 Å². The lowest BCUT2D eigenvalue weighted by atomic mass is 10.1. The summed E-state index contributed by atoms with van der Waals surface area (Å²) >= 11 is 0. The predicted octanol–water partition coefficient (Wildman–Crippen LogP) is 4.10. The molecule has 1 heterocycles. The number of hydrogen-bond acceptors (Lipinski definition) is 8. The Bertz CT molecular complexity index is 1320. The number of hydrogen-bond donors (Lipinski definition) is 0. The van der Waals surface area contributed by atoms with Crippen molar-refractivity contribution >= 4 is 22.0 Å². The first-order valence-electron chi connectivity index (χ1n) is 9.74. The molecule has 1 aliphatic heterocycles. The summed E-state index contributed by atoms with van der Waals surface area (Å²) in [5, 5.41) is 0. The van der Waals surface area contributed by atoms with Gasteiger partial charge in [-0.1, -0.05) is 18.2 Å². The summed E-state index contributed by atoms with van der Waals surface area (Å²) in [7, 11) is 0.458. The van der Waals surface area contributed by atoms with Crippen LogP contribution in [-0.4, -0.2) is 35.5 Å². The van der Waals surface area contributed by atoms with Gasteiger partial charge in [0, 0.05) is 6.07 Å². The minimum Gasteiger partial charge on any atom is -0.493 e. The van der Waals surface area contributed by atoms with Crippen LogP contribution in [0.2, 0.25) is 0 Å². The van der Waals surface area contributed by atoms with E-state index in [4.69, 9.17) is 23.1 Å². The molecule has 0 saturated carbocycles. The highest BCUT2D eigenvalue weighted by Crippen LogP contribution is 2.40. The third-order valence-electron chi connectivity index (χ3n) is 4.86. The summed E-state index contributed by atoms with van der Waals surface area (Å²) < 4.78 is 51.8. The summed E-state index contributed by atoms with van der Waals surface area (Å²) in [6.45, 7) is 0. The van der Waals surface area contributed by atoms with Gasteiger partial charge in [-0.3, -0.25) is 4.79 Å². The first-order chi connectivity index (χ1) is 15.9. The van der Waals surface area contributed by atoms with Crippen LogP contribution in [-0.2, 0) is 10.1 Å². The molecule has 4 rings (SSSR count). The summed E-state index contributed by atoms with van der Waals surface area (Å²) in [4.78, 5) is 12.8. The van der Waals surface area contributed by atoms with Gasteiger partial charge in [0.2, 0.25) is 11.5 Å². The van der Waals surface area contributed by atoms with Crippen molar-refractivity contribution in [1.82, 2.24) is 0 Å². The topological polar surface area (TPSA) is 97.4 Å². The molecule has 170 valence electrons. The van der Waals surface area contributed by atoms with Gasteiger partial charge in [-0.15, -0.1) is 0 Å². The Morgan fingerprint density at radius 1 is 0.848 bits per heavy atom. The van der Waals surface area contributed by atoms with E-state index in [1.54, 1.807) is 30.3 Å². The zero-order valence-electron chi connectivity index (χ0n) is 18.0. The number of ketones is 1. The van der Waals surface area contributed by atoms with Crippen molar-refractivity contribution in [2.24, 2.45) is 0 Å². The van der Waals surface area contributed by atoms with Gasteiger partial charge in [-0.05, 0) is 48.0 Å². The molecule has 9 heteroatoms. The number of allylic oxidation sites excluding steroid dienone is 1. The molecular formula is C24H20O8S. The third-order valence-corrected chi connectivity index (χ3v) is 6.13. The van der Waals surface area contributed by atoms with Gasteiger partial charge in [0.1, 0.15) is 16.4 Å². The highest BCUT2D eigenvalue weighted by atomic mass is 32.2. The van der Waals surface area contributed by atoms with Crippen molar-refractivity contribution in [1.29, 1.82) is 0 Å². The summed E-state index contributed by atoms with van der Waals surface area (Å²) in [6, 6.07) is 15.3. The maximum Gasteiger partial charge on any atom is 0.339 e. The molecule has 33 heavy (non-hydrogen) atoms. The molecule has 1 aliphatic rings. The Morgan fingerprint density at radius 2 is 1.52 bits per heavy atom. The van der Waals surface area contributed by atoms with E-state index in [1.807, 2.05) is 0 Å². The van der Waals surface area contributed by atoms with Gasteiger partial charge in [0.25, 0.3) is 0 Å². The van der Waals surface area contributed by atoms with Crippen molar-refractivity contribution in [2.45, 2.75) is 4.90 Å². The van der Waals surface area contributed by atoms with Gasteiger partial charge in [0.05, 0.1) is 26.9 Å². The number of Topliss-reactive ketones (excluding diaryl/α,β-unsaturated/α-hetero) is 1. The van der Waals surface area contributed by atoms with Crippen LogP contribution in [0.3, 0.4) is 0 Å². The second kappa shape index (κ2) is 8.87. The summed E-state index contributed by atoms with van der Waals surface area (Å²) in [6.07, 6.45) is 1.54. The van der Waals surface area contributed by atoms with Crippen molar-refractivity contribution in [2.75, 3.05) is 21.3 Å². The summed E-state index contributed by atoms with van der Waals surface area (Å²) in [5.41, 5.74) is 0.877. The fraction of sp³-hybridized carbons (Fsp3) is 0.125. The number of fused-ring (bicyclic) bond motifs is 1. The largest absolute Gasteiger partial charge is 0.493 e. The lowest BCUT2D eigenvalue weighted by Gasteiger charge is -2.13.